The van der Waals surface area contributed by atoms with E-state index in [0.29, 0.717) is 6.42 Å². The van der Waals surface area contributed by atoms with Gasteiger partial charge in [0.2, 0.25) is 0 Å². The van der Waals surface area contributed by atoms with Gasteiger partial charge in [-0.05, 0) is 18.6 Å². The Morgan fingerprint density at radius 3 is 2.63 bits per heavy atom. The maximum atomic E-state index is 13.9. The Morgan fingerprint density at radius 2 is 2.16 bits per heavy atom. The quantitative estimate of drug-likeness (QED) is 0.833. The summed E-state index contributed by atoms with van der Waals surface area (Å²) in [5.74, 6) is -2.61. The molecule has 106 valence electrons. The summed E-state index contributed by atoms with van der Waals surface area (Å²) in [4.78, 5) is 11.3. The predicted octanol–water partition coefficient (Wildman–Crippen LogP) is 2.55. The molecular weight excluding hydrogens is 251 g/mol. The first-order valence-electron chi connectivity index (χ1n) is 6.16. The lowest BCUT2D eigenvalue weighted by molar-refractivity contribution is -0.161. The number of ether oxygens (including phenoxy) is 1. The van der Waals surface area contributed by atoms with E-state index in [2.05, 4.69) is 0 Å². The summed E-state index contributed by atoms with van der Waals surface area (Å²) in [6, 6.07) is 4.25. The molecule has 0 amide bonds. The lowest BCUT2D eigenvalue weighted by Crippen LogP contribution is -2.43. The molecule has 0 aliphatic heterocycles. The van der Waals surface area contributed by atoms with Crippen LogP contribution in [0.4, 0.5) is 4.39 Å². The highest BCUT2D eigenvalue weighted by molar-refractivity contribution is 5.79. The van der Waals surface area contributed by atoms with Crippen LogP contribution in [0.2, 0.25) is 0 Å². The second-order valence-electron chi connectivity index (χ2n) is 4.56. The summed E-state index contributed by atoms with van der Waals surface area (Å²) >= 11 is 0. The fraction of sp³-hybridized carbons (Fsp3) is 0.500. The molecule has 5 heteroatoms. The van der Waals surface area contributed by atoms with Crippen LogP contribution < -0.4 is 4.74 Å². The molecule has 0 aliphatic carbocycles. The lowest BCUT2D eigenvalue weighted by Gasteiger charge is -2.31. The molecule has 1 rings (SSSR count). The maximum absolute atomic E-state index is 13.9. The van der Waals surface area contributed by atoms with Crippen molar-refractivity contribution < 1.29 is 24.1 Å². The molecule has 2 atom stereocenters. The van der Waals surface area contributed by atoms with Gasteiger partial charge in [-0.2, -0.15) is 0 Å². The van der Waals surface area contributed by atoms with Crippen molar-refractivity contribution in [3.63, 3.8) is 0 Å². The zero-order valence-electron chi connectivity index (χ0n) is 11.3. The van der Waals surface area contributed by atoms with Gasteiger partial charge in [0.1, 0.15) is 11.6 Å². The molecule has 19 heavy (non-hydrogen) atoms. The topological polar surface area (TPSA) is 66.8 Å². The molecule has 0 saturated carbocycles. The van der Waals surface area contributed by atoms with Crippen LogP contribution in [0.15, 0.2) is 18.2 Å². The number of methoxy groups -OCH3 is 1. The van der Waals surface area contributed by atoms with E-state index in [-0.39, 0.29) is 17.7 Å². The molecule has 0 bridgehead atoms. The number of carbonyl (C=O) groups is 1. The third kappa shape index (κ3) is 2.87. The van der Waals surface area contributed by atoms with Crippen LogP contribution in [0.25, 0.3) is 0 Å². The van der Waals surface area contributed by atoms with Gasteiger partial charge in [-0.15, -0.1) is 0 Å². The van der Waals surface area contributed by atoms with Crippen LogP contribution >= 0.6 is 0 Å². The summed E-state index contributed by atoms with van der Waals surface area (Å²) in [6.45, 7) is 3.25. The molecule has 1 aromatic carbocycles. The van der Waals surface area contributed by atoms with Crippen LogP contribution in [0.1, 0.15) is 38.2 Å². The second-order valence-corrected chi connectivity index (χ2v) is 4.56. The molecule has 0 fully saturated rings. The zero-order chi connectivity index (χ0) is 14.6. The number of aliphatic carboxylic acids is 1. The third-order valence-electron chi connectivity index (χ3n) is 3.38. The molecule has 0 aromatic heterocycles. The maximum Gasteiger partial charge on any atom is 0.336 e. The van der Waals surface area contributed by atoms with Crippen LogP contribution in [0, 0.1) is 5.82 Å². The van der Waals surface area contributed by atoms with Crippen LogP contribution in [-0.4, -0.2) is 28.9 Å². The fourth-order valence-electron chi connectivity index (χ4n) is 2.24. The Bertz CT molecular complexity index is 461. The van der Waals surface area contributed by atoms with Crippen molar-refractivity contribution in [3.8, 4) is 5.75 Å². The van der Waals surface area contributed by atoms with Gasteiger partial charge >= 0.3 is 5.97 Å². The minimum Gasteiger partial charge on any atom is -0.496 e. The smallest absolute Gasteiger partial charge is 0.336 e. The summed E-state index contributed by atoms with van der Waals surface area (Å²) in [5.41, 5.74) is -1.92. The van der Waals surface area contributed by atoms with Crippen molar-refractivity contribution in [1.82, 2.24) is 0 Å². The molecule has 2 N–H and O–H groups in total. The molecule has 4 nitrogen and oxygen atoms in total. The Labute approximate surface area is 111 Å². The minimum absolute atomic E-state index is 0.0426. The first-order chi connectivity index (χ1) is 8.88. The molecule has 0 saturated heterocycles. The Morgan fingerprint density at radius 1 is 1.53 bits per heavy atom. The molecule has 0 heterocycles. The third-order valence-corrected chi connectivity index (χ3v) is 3.38. The van der Waals surface area contributed by atoms with Crippen molar-refractivity contribution in [3.05, 3.63) is 29.6 Å². The van der Waals surface area contributed by atoms with Crippen molar-refractivity contribution >= 4 is 5.97 Å². The Balaban J connectivity index is 3.31. The monoisotopic (exact) mass is 270 g/mol. The number of aliphatic hydroxyl groups is 1. The van der Waals surface area contributed by atoms with Gasteiger partial charge < -0.3 is 14.9 Å². The normalized spacial score (nSPS) is 15.6. The van der Waals surface area contributed by atoms with E-state index in [1.165, 1.54) is 26.2 Å². The van der Waals surface area contributed by atoms with E-state index in [1.54, 1.807) is 13.0 Å². The molecule has 0 spiro atoms. The van der Waals surface area contributed by atoms with Gasteiger partial charge in [0.05, 0.1) is 7.11 Å². The van der Waals surface area contributed by atoms with E-state index in [4.69, 9.17) is 4.74 Å². The Hall–Kier alpha value is -1.62. The summed E-state index contributed by atoms with van der Waals surface area (Å²) in [6.07, 6.45) is 0.519. The lowest BCUT2D eigenvalue weighted by atomic mass is 9.80. The van der Waals surface area contributed by atoms with Gasteiger partial charge in [0.25, 0.3) is 0 Å². The van der Waals surface area contributed by atoms with E-state index >= 15 is 0 Å². The van der Waals surface area contributed by atoms with Crippen molar-refractivity contribution in [2.24, 2.45) is 0 Å². The summed E-state index contributed by atoms with van der Waals surface area (Å²) < 4.78 is 19.0. The van der Waals surface area contributed by atoms with Crippen LogP contribution in [-0.2, 0) is 4.79 Å². The number of carboxylic acids is 1. The van der Waals surface area contributed by atoms with Crippen molar-refractivity contribution in [1.29, 1.82) is 0 Å². The first-order valence-corrected chi connectivity index (χ1v) is 6.16. The average Bonchev–Trinajstić information content (AvgIpc) is 2.37. The number of hydrogen-bond donors (Lipinski definition) is 2. The number of benzene rings is 1. The van der Waals surface area contributed by atoms with E-state index < -0.39 is 23.3 Å². The number of halogens is 1. The van der Waals surface area contributed by atoms with Crippen molar-refractivity contribution in [2.75, 3.05) is 7.11 Å². The van der Waals surface area contributed by atoms with Crippen molar-refractivity contribution in [2.45, 2.75) is 38.2 Å². The molecular formula is C14H19FO4. The number of rotatable bonds is 6. The largest absolute Gasteiger partial charge is 0.496 e. The van der Waals surface area contributed by atoms with Crippen LogP contribution in [0.5, 0.6) is 5.75 Å². The van der Waals surface area contributed by atoms with Gasteiger partial charge in [0.15, 0.2) is 5.60 Å². The van der Waals surface area contributed by atoms with Gasteiger partial charge in [-0.25, -0.2) is 9.18 Å². The molecule has 1 aromatic rings. The molecule has 2 unspecified atom stereocenters. The molecule has 0 radical (unpaired) electrons. The van der Waals surface area contributed by atoms with E-state index in [9.17, 15) is 19.4 Å². The molecule has 0 aliphatic rings. The SMILES string of the molecule is CCCC(O)(C(=O)O)C(C)c1c(F)cccc1OC. The summed E-state index contributed by atoms with van der Waals surface area (Å²) in [7, 11) is 1.38. The fourth-order valence-corrected chi connectivity index (χ4v) is 2.24. The summed E-state index contributed by atoms with van der Waals surface area (Å²) in [5, 5.41) is 19.6. The standard InChI is InChI=1S/C14H19FO4/c1-4-8-14(18,13(16)17)9(2)12-10(15)6-5-7-11(12)19-3/h5-7,9,18H,4,8H2,1-3H3,(H,16,17). The van der Waals surface area contributed by atoms with E-state index in [0.717, 1.165) is 0 Å². The minimum atomic E-state index is -2.01. The average molecular weight is 270 g/mol. The number of carboxylic acid groups (broad SMARTS) is 1. The number of hydrogen-bond acceptors (Lipinski definition) is 3. The second kappa shape index (κ2) is 6.02. The zero-order valence-corrected chi connectivity index (χ0v) is 11.3. The highest BCUT2D eigenvalue weighted by atomic mass is 19.1. The van der Waals surface area contributed by atoms with Gasteiger partial charge in [-0.1, -0.05) is 26.3 Å². The predicted molar refractivity (Wildman–Crippen MR) is 68.9 cm³/mol. The van der Waals surface area contributed by atoms with Gasteiger partial charge in [-0.3, -0.25) is 0 Å². The Kier molecular flexibility index (Phi) is 4.89. The first kappa shape index (κ1) is 15.4. The highest BCUT2D eigenvalue weighted by Gasteiger charge is 2.43. The highest BCUT2D eigenvalue weighted by Crippen LogP contribution is 2.38. The van der Waals surface area contributed by atoms with Crippen LogP contribution in [0.3, 0.4) is 0 Å². The van der Waals surface area contributed by atoms with Gasteiger partial charge in [0, 0.05) is 11.5 Å². The van der Waals surface area contributed by atoms with E-state index in [1.807, 2.05) is 0 Å².